The molecule has 1 amide bonds. The Balaban J connectivity index is 1.66. The van der Waals surface area contributed by atoms with Crippen LogP contribution in [0.1, 0.15) is 39.8 Å². The molecular weight excluding hydrogens is 400 g/mol. The molecule has 0 fully saturated rings. The van der Waals surface area contributed by atoms with Crippen molar-refractivity contribution in [3.8, 4) is 0 Å². The number of hydrogen-bond acceptors (Lipinski definition) is 3. The van der Waals surface area contributed by atoms with Gasteiger partial charge < -0.3 is 9.47 Å². The fraction of sp³-hybridized carbons (Fsp3) is 0.286. The Labute approximate surface area is 170 Å². The highest BCUT2D eigenvalue weighted by molar-refractivity contribution is 6.10. The van der Waals surface area contributed by atoms with E-state index in [0.717, 1.165) is 6.07 Å². The molecule has 0 saturated carbocycles. The molecule has 1 unspecified atom stereocenters. The zero-order valence-corrected chi connectivity index (χ0v) is 16.2. The van der Waals surface area contributed by atoms with Gasteiger partial charge in [-0.15, -0.1) is 10.2 Å². The van der Waals surface area contributed by atoms with Gasteiger partial charge in [-0.05, 0) is 42.3 Å². The molecular formula is C21H18F4N4O. The van der Waals surface area contributed by atoms with Crippen molar-refractivity contribution in [3.63, 3.8) is 0 Å². The van der Waals surface area contributed by atoms with Gasteiger partial charge in [0.1, 0.15) is 17.8 Å². The summed E-state index contributed by atoms with van der Waals surface area (Å²) in [5, 5.41) is 7.64. The quantitative estimate of drug-likeness (QED) is 0.590. The van der Waals surface area contributed by atoms with E-state index in [-0.39, 0.29) is 24.1 Å². The highest BCUT2D eigenvalue weighted by Crippen LogP contribution is 2.39. The van der Waals surface area contributed by atoms with Crippen molar-refractivity contribution in [1.29, 1.82) is 0 Å². The maximum Gasteiger partial charge on any atom is 0.416 e. The first-order chi connectivity index (χ1) is 14.1. The molecule has 0 bridgehead atoms. The predicted octanol–water partition coefficient (Wildman–Crippen LogP) is 4.42. The smallest absolute Gasteiger partial charge is 0.321 e. The molecule has 0 radical (unpaired) electrons. The van der Waals surface area contributed by atoms with E-state index in [2.05, 4.69) is 10.2 Å². The summed E-state index contributed by atoms with van der Waals surface area (Å²) in [7, 11) is 1.71. The number of amides is 1. The van der Waals surface area contributed by atoms with E-state index in [1.807, 2.05) is 0 Å². The number of halogens is 4. The lowest BCUT2D eigenvalue weighted by Crippen LogP contribution is -2.25. The molecule has 30 heavy (non-hydrogen) atoms. The number of aromatic nitrogens is 3. The van der Waals surface area contributed by atoms with Gasteiger partial charge >= 0.3 is 6.18 Å². The third-order valence-corrected chi connectivity index (χ3v) is 5.33. The summed E-state index contributed by atoms with van der Waals surface area (Å²) in [4.78, 5) is 14.0. The zero-order valence-electron chi connectivity index (χ0n) is 16.2. The topological polar surface area (TPSA) is 51.0 Å². The molecule has 3 aromatic rings. The van der Waals surface area contributed by atoms with Crippen LogP contribution < -0.4 is 4.90 Å². The SMILES string of the molecule is Cn1cnnc1CC(C)(F)c1cccc(N2Cc3c(cccc3C(F)(F)F)C2=O)c1. The van der Waals surface area contributed by atoms with E-state index >= 15 is 4.39 Å². The van der Waals surface area contributed by atoms with Crippen LogP contribution in [0, 0.1) is 0 Å². The number of carbonyl (C=O) groups excluding carboxylic acids is 1. The van der Waals surface area contributed by atoms with Gasteiger partial charge in [-0.2, -0.15) is 13.2 Å². The first-order valence-corrected chi connectivity index (χ1v) is 9.21. The third-order valence-electron chi connectivity index (χ3n) is 5.33. The summed E-state index contributed by atoms with van der Waals surface area (Å²) < 4.78 is 57.1. The lowest BCUT2D eigenvalue weighted by atomic mass is 9.93. The molecule has 0 saturated heterocycles. The van der Waals surface area contributed by atoms with E-state index in [1.165, 1.54) is 36.4 Å². The van der Waals surface area contributed by atoms with Crippen molar-refractivity contribution < 1.29 is 22.4 Å². The molecule has 156 valence electrons. The maximum atomic E-state index is 15.5. The Morgan fingerprint density at radius 1 is 1.10 bits per heavy atom. The molecule has 9 heteroatoms. The Morgan fingerprint density at radius 2 is 1.83 bits per heavy atom. The summed E-state index contributed by atoms with van der Waals surface area (Å²) in [5.41, 5.74) is -2.07. The van der Waals surface area contributed by atoms with Crippen LogP contribution >= 0.6 is 0 Å². The first kappa shape index (κ1) is 20.1. The van der Waals surface area contributed by atoms with E-state index in [4.69, 9.17) is 0 Å². The molecule has 0 N–H and O–H groups in total. The van der Waals surface area contributed by atoms with Crippen LogP contribution in [0.5, 0.6) is 0 Å². The van der Waals surface area contributed by atoms with Crippen molar-refractivity contribution in [2.75, 3.05) is 4.90 Å². The second-order valence-corrected chi connectivity index (χ2v) is 7.50. The molecule has 0 spiro atoms. The molecule has 1 atom stereocenters. The molecule has 2 heterocycles. The summed E-state index contributed by atoms with van der Waals surface area (Å²) in [5.74, 6) is -0.0908. The number of fused-ring (bicyclic) bond motifs is 1. The van der Waals surface area contributed by atoms with E-state index in [9.17, 15) is 18.0 Å². The van der Waals surface area contributed by atoms with Crippen molar-refractivity contribution in [3.05, 3.63) is 76.9 Å². The summed E-state index contributed by atoms with van der Waals surface area (Å²) in [6.07, 6.45) is -3.13. The van der Waals surface area contributed by atoms with Gasteiger partial charge in [0.25, 0.3) is 5.91 Å². The second-order valence-electron chi connectivity index (χ2n) is 7.50. The maximum absolute atomic E-state index is 15.5. The normalized spacial score (nSPS) is 15.9. The Hall–Kier alpha value is -3.23. The summed E-state index contributed by atoms with van der Waals surface area (Å²) in [6.45, 7) is 1.17. The van der Waals surface area contributed by atoms with Crippen molar-refractivity contribution >= 4 is 11.6 Å². The number of anilines is 1. The molecule has 1 aromatic heterocycles. The molecule has 1 aliphatic rings. The summed E-state index contributed by atoms with van der Waals surface area (Å²) in [6, 6.07) is 9.80. The van der Waals surface area contributed by atoms with Crippen molar-refractivity contribution in [2.45, 2.75) is 31.7 Å². The second kappa shape index (κ2) is 6.93. The third kappa shape index (κ3) is 3.44. The first-order valence-electron chi connectivity index (χ1n) is 9.21. The van der Waals surface area contributed by atoms with Crippen LogP contribution in [0.4, 0.5) is 23.2 Å². The molecule has 4 rings (SSSR count). The standard InChI is InChI=1S/C21H18F4N4O/c1-20(22,10-18-27-26-12-28(18)2)13-5-3-6-14(9-13)29-11-16-15(19(29)30)7-4-8-17(16)21(23,24)25/h3-9,12H,10-11H2,1-2H3. The van der Waals surface area contributed by atoms with Crippen molar-refractivity contribution in [2.24, 2.45) is 7.05 Å². The average molecular weight is 418 g/mol. The molecule has 1 aliphatic heterocycles. The van der Waals surface area contributed by atoms with Gasteiger partial charge in [-0.3, -0.25) is 4.79 Å². The number of rotatable bonds is 4. The number of carbonyl (C=O) groups is 1. The zero-order chi connectivity index (χ0) is 21.7. The van der Waals surface area contributed by atoms with Crippen LogP contribution in [0.15, 0.2) is 48.8 Å². The van der Waals surface area contributed by atoms with E-state index in [0.29, 0.717) is 17.1 Å². The predicted molar refractivity (Wildman–Crippen MR) is 102 cm³/mol. The number of alkyl halides is 4. The van der Waals surface area contributed by atoms with Gasteiger partial charge in [-0.1, -0.05) is 18.2 Å². The van der Waals surface area contributed by atoms with Gasteiger partial charge in [0.05, 0.1) is 12.1 Å². The van der Waals surface area contributed by atoms with E-state index in [1.54, 1.807) is 29.8 Å². The fourth-order valence-corrected chi connectivity index (χ4v) is 3.67. The van der Waals surface area contributed by atoms with Crippen molar-refractivity contribution in [1.82, 2.24) is 14.8 Å². The average Bonchev–Trinajstić information content (AvgIpc) is 3.24. The highest BCUT2D eigenvalue weighted by atomic mass is 19.4. The van der Waals surface area contributed by atoms with Crippen LogP contribution in [0.2, 0.25) is 0 Å². The minimum Gasteiger partial charge on any atom is -0.321 e. The van der Waals surface area contributed by atoms with Crippen LogP contribution in [-0.2, 0) is 31.9 Å². The number of hydrogen-bond donors (Lipinski definition) is 0. The van der Waals surface area contributed by atoms with Crippen LogP contribution in [0.3, 0.4) is 0 Å². The molecule has 2 aromatic carbocycles. The fourth-order valence-electron chi connectivity index (χ4n) is 3.67. The minimum atomic E-state index is -4.56. The Morgan fingerprint density at radius 3 is 2.50 bits per heavy atom. The summed E-state index contributed by atoms with van der Waals surface area (Å²) >= 11 is 0. The van der Waals surface area contributed by atoms with Gasteiger partial charge in [0.15, 0.2) is 0 Å². The van der Waals surface area contributed by atoms with E-state index < -0.39 is 23.3 Å². The van der Waals surface area contributed by atoms with Gasteiger partial charge in [0.2, 0.25) is 0 Å². The van der Waals surface area contributed by atoms with Gasteiger partial charge in [-0.25, -0.2) is 4.39 Å². The monoisotopic (exact) mass is 418 g/mol. The Bertz CT molecular complexity index is 1120. The lowest BCUT2D eigenvalue weighted by Gasteiger charge is -2.23. The highest BCUT2D eigenvalue weighted by Gasteiger charge is 2.40. The minimum absolute atomic E-state index is 0.0114. The number of nitrogens with zero attached hydrogens (tertiary/aromatic N) is 4. The molecule has 5 nitrogen and oxygen atoms in total. The Kier molecular flexibility index (Phi) is 4.63. The lowest BCUT2D eigenvalue weighted by molar-refractivity contribution is -0.138. The van der Waals surface area contributed by atoms with Crippen LogP contribution in [-0.4, -0.2) is 20.7 Å². The van der Waals surface area contributed by atoms with Crippen LogP contribution in [0.25, 0.3) is 0 Å². The number of benzene rings is 2. The largest absolute Gasteiger partial charge is 0.416 e. The van der Waals surface area contributed by atoms with Gasteiger partial charge in [0, 0.05) is 24.7 Å². The molecule has 0 aliphatic carbocycles. The number of aryl methyl sites for hydroxylation is 1.